The van der Waals surface area contributed by atoms with E-state index in [0.29, 0.717) is 17.1 Å². The van der Waals surface area contributed by atoms with E-state index in [2.05, 4.69) is 10.4 Å². The second-order valence-electron chi connectivity index (χ2n) is 6.92. The van der Waals surface area contributed by atoms with Crippen LogP contribution in [-0.2, 0) is 9.84 Å². The summed E-state index contributed by atoms with van der Waals surface area (Å²) < 4.78 is 26.0. The Morgan fingerprint density at radius 1 is 1.19 bits per heavy atom. The number of fused-ring (bicyclic) bond motifs is 3. The number of amides is 1. The van der Waals surface area contributed by atoms with Crippen LogP contribution in [-0.4, -0.2) is 42.5 Å². The van der Waals surface area contributed by atoms with Gasteiger partial charge in [0, 0.05) is 24.4 Å². The lowest BCUT2D eigenvalue weighted by atomic mass is 9.95. The van der Waals surface area contributed by atoms with Crippen molar-refractivity contribution in [3.8, 4) is 11.1 Å². The fourth-order valence-electron chi connectivity index (χ4n) is 4.05. The number of rotatable bonds is 2. The fraction of sp³-hybridized carbons (Fsp3) is 0.263. The molecule has 2 aliphatic heterocycles. The standard InChI is InChI=1S/C19H16N2O3S3/c1-11-20-16(10-26-11)19(22)21-7-15-14-6-12(13-4-5-25-9-13)2-3-17(14)27(23,24)18(15)8-21/h2-6,9-10,15,18H,7-8H2,1H3/t15-,18+/m1/s1. The predicted octanol–water partition coefficient (Wildman–Crippen LogP) is 3.58. The molecule has 2 aromatic heterocycles. The number of sulfone groups is 1. The quantitative estimate of drug-likeness (QED) is 0.640. The minimum Gasteiger partial charge on any atom is -0.335 e. The van der Waals surface area contributed by atoms with Crippen LogP contribution in [0.3, 0.4) is 0 Å². The highest BCUT2D eigenvalue weighted by molar-refractivity contribution is 7.92. The predicted molar refractivity (Wildman–Crippen MR) is 106 cm³/mol. The summed E-state index contributed by atoms with van der Waals surface area (Å²) in [5, 5.41) is 6.07. The van der Waals surface area contributed by atoms with E-state index in [4.69, 9.17) is 0 Å². The first kappa shape index (κ1) is 17.1. The Hall–Kier alpha value is -2.03. The maximum Gasteiger partial charge on any atom is 0.273 e. The van der Waals surface area contributed by atoms with Gasteiger partial charge in [-0.1, -0.05) is 6.07 Å². The lowest BCUT2D eigenvalue weighted by Crippen LogP contribution is -2.31. The van der Waals surface area contributed by atoms with Crippen molar-refractivity contribution in [1.82, 2.24) is 9.88 Å². The van der Waals surface area contributed by atoms with Gasteiger partial charge in [0.05, 0.1) is 15.2 Å². The first-order valence-corrected chi connectivity index (χ1v) is 11.9. The number of aryl methyl sites for hydroxylation is 1. The van der Waals surface area contributed by atoms with E-state index >= 15 is 0 Å². The van der Waals surface area contributed by atoms with Crippen LogP contribution in [0.4, 0.5) is 0 Å². The average Bonchev–Trinajstić information content (AvgIpc) is 3.41. The highest BCUT2D eigenvalue weighted by Crippen LogP contribution is 2.46. The van der Waals surface area contributed by atoms with Crippen molar-refractivity contribution in [1.29, 1.82) is 0 Å². The number of hydrogen-bond acceptors (Lipinski definition) is 6. The second-order valence-corrected chi connectivity index (χ2v) is 10.9. The van der Waals surface area contributed by atoms with Gasteiger partial charge in [-0.15, -0.1) is 11.3 Å². The molecule has 0 unspecified atom stereocenters. The molecule has 5 nitrogen and oxygen atoms in total. The molecule has 0 aliphatic carbocycles. The summed E-state index contributed by atoms with van der Waals surface area (Å²) >= 11 is 3.04. The van der Waals surface area contributed by atoms with E-state index < -0.39 is 15.1 Å². The van der Waals surface area contributed by atoms with Crippen molar-refractivity contribution in [3.05, 3.63) is 56.7 Å². The smallest absolute Gasteiger partial charge is 0.273 e. The van der Waals surface area contributed by atoms with Crippen LogP contribution < -0.4 is 0 Å². The largest absolute Gasteiger partial charge is 0.335 e. The third-order valence-electron chi connectivity index (χ3n) is 5.36. The minimum absolute atomic E-state index is 0.174. The third kappa shape index (κ3) is 2.58. The Morgan fingerprint density at radius 3 is 2.74 bits per heavy atom. The van der Waals surface area contributed by atoms with Crippen LogP contribution in [0.25, 0.3) is 11.1 Å². The summed E-state index contributed by atoms with van der Waals surface area (Å²) in [7, 11) is -3.42. The molecule has 0 N–H and O–H groups in total. The summed E-state index contributed by atoms with van der Waals surface area (Å²) in [6, 6.07) is 7.62. The van der Waals surface area contributed by atoms with E-state index in [1.807, 2.05) is 30.5 Å². The van der Waals surface area contributed by atoms with Crippen molar-refractivity contribution in [2.75, 3.05) is 13.1 Å². The SMILES string of the molecule is Cc1nc(C(=O)N2C[C@@H]3c4cc(-c5ccsc5)ccc4S(=O)(=O)[C@H]3C2)cs1. The molecular formula is C19H16N2O3S3. The highest BCUT2D eigenvalue weighted by Gasteiger charge is 2.51. The van der Waals surface area contributed by atoms with Crippen LogP contribution >= 0.6 is 22.7 Å². The van der Waals surface area contributed by atoms with Gasteiger partial charge in [0.15, 0.2) is 9.84 Å². The van der Waals surface area contributed by atoms with Crippen molar-refractivity contribution in [3.63, 3.8) is 0 Å². The zero-order valence-electron chi connectivity index (χ0n) is 14.5. The number of likely N-dealkylation sites (tertiary alicyclic amines) is 1. The number of thiophene rings is 1. The molecule has 8 heteroatoms. The Balaban J connectivity index is 1.52. The number of thiazole rings is 1. The highest BCUT2D eigenvalue weighted by atomic mass is 32.2. The van der Waals surface area contributed by atoms with Gasteiger partial charge in [-0.25, -0.2) is 13.4 Å². The molecule has 3 aromatic rings. The topological polar surface area (TPSA) is 67.3 Å². The number of benzene rings is 1. The molecule has 1 amide bonds. The first-order valence-electron chi connectivity index (χ1n) is 8.57. The normalized spacial score (nSPS) is 22.6. The third-order valence-corrected chi connectivity index (χ3v) is 9.08. The van der Waals surface area contributed by atoms with E-state index in [1.165, 1.54) is 11.3 Å². The molecule has 1 aromatic carbocycles. The molecule has 0 radical (unpaired) electrons. The number of hydrogen-bond donors (Lipinski definition) is 0. The van der Waals surface area contributed by atoms with E-state index in [9.17, 15) is 13.2 Å². The molecule has 2 aliphatic rings. The molecular weight excluding hydrogens is 400 g/mol. The molecule has 138 valence electrons. The van der Waals surface area contributed by atoms with Crippen LogP contribution in [0, 0.1) is 6.92 Å². The Bertz CT molecular complexity index is 1150. The molecule has 2 atom stereocenters. The lowest BCUT2D eigenvalue weighted by molar-refractivity contribution is 0.0785. The van der Waals surface area contributed by atoms with Gasteiger partial charge in [-0.05, 0) is 52.6 Å². The van der Waals surface area contributed by atoms with E-state index in [0.717, 1.165) is 21.7 Å². The molecule has 0 saturated carbocycles. The number of nitrogens with zero attached hydrogens (tertiary/aromatic N) is 2. The molecule has 4 heterocycles. The molecule has 27 heavy (non-hydrogen) atoms. The van der Waals surface area contributed by atoms with Gasteiger partial charge >= 0.3 is 0 Å². The van der Waals surface area contributed by atoms with Crippen LogP contribution in [0.1, 0.15) is 27.0 Å². The van der Waals surface area contributed by atoms with Gasteiger partial charge in [0.1, 0.15) is 5.69 Å². The molecule has 1 saturated heterocycles. The van der Waals surface area contributed by atoms with Gasteiger partial charge in [-0.3, -0.25) is 4.79 Å². The maximum atomic E-state index is 13.0. The molecule has 0 spiro atoms. The summed E-state index contributed by atoms with van der Waals surface area (Å²) in [6.45, 7) is 2.50. The molecule has 5 rings (SSSR count). The second kappa shape index (κ2) is 5.98. The Kier molecular flexibility index (Phi) is 3.79. The fourth-order valence-corrected chi connectivity index (χ4v) is 7.46. The van der Waals surface area contributed by atoms with Crippen molar-refractivity contribution >= 4 is 38.4 Å². The number of carbonyl (C=O) groups is 1. The van der Waals surface area contributed by atoms with Crippen LogP contribution in [0.5, 0.6) is 0 Å². The maximum absolute atomic E-state index is 13.0. The van der Waals surface area contributed by atoms with Crippen molar-refractivity contribution in [2.45, 2.75) is 23.0 Å². The van der Waals surface area contributed by atoms with E-state index in [-0.39, 0.29) is 18.4 Å². The monoisotopic (exact) mass is 416 g/mol. The van der Waals surface area contributed by atoms with Gasteiger partial charge in [-0.2, -0.15) is 11.3 Å². The Morgan fingerprint density at radius 2 is 2.04 bits per heavy atom. The lowest BCUT2D eigenvalue weighted by Gasteiger charge is -2.16. The van der Waals surface area contributed by atoms with Gasteiger partial charge in [0.2, 0.25) is 0 Å². The average molecular weight is 417 g/mol. The zero-order valence-corrected chi connectivity index (χ0v) is 16.9. The molecule has 0 bridgehead atoms. The van der Waals surface area contributed by atoms with Crippen LogP contribution in [0.2, 0.25) is 0 Å². The number of aromatic nitrogens is 1. The number of carbonyl (C=O) groups excluding carboxylic acids is 1. The summed E-state index contributed by atoms with van der Waals surface area (Å²) in [4.78, 5) is 19.1. The van der Waals surface area contributed by atoms with Crippen molar-refractivity contribution in [2.24, 2.45) is 0 Å². The summed E-state index contributed by atoms with van der Waals surface area (Å²) in [6.07, 6.45) is 0. The first-order chi connectivity index (χ1) is 12.9. The van der Waals surface area contributed by atoms with Crippen molar-refractivity contribution < 1.29 is 13.2 Å². The summed E-state index contributed by atoms with van der Waals surface area (Å²) in [5.41, 5.74) is 3.36. The minimum atomic E-state index is -3.42. The van der Waals surface area contributed by atoms with Gasteiger partial charge < -0.3 is 4.90 Å². The zero-order chi connectivity index (χ0) is 18.8. The van der Waals surface area contributed by atoms with E-state index in [1.54, 1.807) is 27.7 Å². The molecule has 1 fully saturated rings. The summed E-state index contributed by atoms with van der Waals surface area (Å²) in [5.74, 6) is -0.355. The van der Waals surface area contributed by atoms with Crippen LogP contribution in [0.15, 0.2) is 45.3 Å². The van der Waals surface area contributed by atoms with Gasteiger partial charge in [0.25, 0.3) is 5.91 Å². The Labute approximate surface area is 165 Å².